The fraction of sp³-hybridized carbons (Fsp3) is 0.250. The second-order valence-electron chi connectivity index (χ2n) is 6.46. The number of fused-ring (bicyclic) bond motifs is 1. The van der Waals surface area contributed by atoms with Crippen molar-refractivity contribution in [1.29, 1.82) is 0 Å². The van der Waals surface area contributed by atoms with E-state index in [1.54, 1.807) is 12.1 Å². The molecule has 4 heteroatoms. The number of pyridine rings is 1. The summed E-state index contributed by atoms with van der Waals surface area (Å²) in [5, 5.41) is 0.700. The molecule has 0 radical (unpaired) electrons. The fourth-order valence-electron chi connectivity index (χ4n) is 2.96. The minimum Gasteiger partial charge on any atom is -0.493 e. The van der Waals surface area contributed by atoms with Gasteiger partial charge in [-0.2, -0.15) is 0 Å². The zero-order valence-corrected chi connectivity index (χ0v) is 13.4. The van der Waals surface area contributed by atoms with Crippen LogP contribution in [0.2, 0.25) is 0 Å². The Balaban J connectivity index is 1.73. The minimum absolute atomic E-state index is 0.282. The molecule has 1 heterocycles. The van der Waals surface area contributed by atoms with Gasteiger partial charge in [0.15, 0.2) is 0 Å². The Hall–Kier alpha value is -2.62. The number of aromatic nitrogens is 1. The number of aryl methyl sites for hydroxylation is 1. The molecule has 122 valence electrons. The van der Waals surface area contributed by atoms with Crippen LogP contribution in [-0.4, -0.2) is 11.6 Å². The number of rotatable bonds is 4. The van der Waals surface area contributed by atoms with Crippen LogP contribution in [0.4, 0.5) is 4.39 Å². The Morgan fingerprint density at radius 1 is 1.17 bits per heavy atom. The molecular weight excluding hydrogens is 305 g/mol. The number of hydrogen-bond acceptors (Lipinski definition) is 2. The van der Waals surface area contributed by atoms with E-state index in [0.29, 0.717) is 22.3 Å². The zero-order valence-electron chi connectivity index (χ0n) is 13.4. The Bertz CT molecular complexity index is 973. The molecule has 0 atom stereocenters. The van der Waals surface area contributed by atoms with Crippen LogP contribution in [0, 0.1) is 18.7 Å². The lowest BCUT2D eigenvalue weighted by Crippen LogP contribution is -2.05. The molecule has 2 aromatic carbocycles. The molecule has 0 spiro atoms. The van der Waals surface area contributed by atoms with Crippen molar-refractivity contribution in [2.24, 2.45) is 5.92 Å². The van der Waals surface area contributed by atoms with Crippen molar-refractivity contribution in [2.75, 3.05) is 6.61 Å². The predicted molar refractivity (Wildman–Crippen MR) is 92.9 cm³/mol. The van der Waals surface area contributed by atoms with Gasteiger partial charge in [-0.25, -0.2) is 4.39 Å². The summed E-state index contributed by atoms with van der Waals surface area (Å²) >= 11 is 0. The van der Waals surface area contributed by atoms with E-state index in [0.717, 1.165) is 23.5 Å². The maximum atomic E-state index is 14.4. The smallest absolute Gasteiger partial charge is 0.255 e. The third kappa shape index (κ3) is 2.80. The van der Waals surface area contributed by atoms with Gasteiger partial charge in [0.2, 0.25) is 0 Å². The average Bonchev–Trinajstić information content (AvgIpc) is 3.38. The molecule has 1 aromatic heterocycles. The first-order chi connectivity index (χ1) is 11.6. The van der Waals surface area contributed by atoms with Crippen molar-refractivity contribution in [1.82, 2.24) is 4.98 Å². The number of ether oxygens (including phenoxy) is 1. The van der Waals surface area contributed by atoms with Crippen LogP contribution in [0.25, 0.3) is 21.9 Å². The van der Waals surface area contributed by atoms with E-state index in [1.807, 2.05) is 25.1 Å². The molecule has 1 aliphatic carbocycles. The maximum absolute atomic E-state index is 14.4. The third-order valence-corrected chi connectivity index (χ3v) is 4.53. The molecule has 1 fully saturated rings. The summed E-state index contributed by atoms with van der Waals surface area (Å²) in [6.07, 6.45) is 3.97. The van der Waals surface area contributed by atoms with Gasteiger partial charge in [0.25, 0.3) is 5.56 Å². The molecule has 1 N–H and O–H groups in total. The van der Waals surface area contributed by atoms with Crippen molar-refractivity contribution in [3.8, 4) is 16.9 Å². The molecule has 0 bridgehead atoms. The van der Waals surface area contributed by atoms with Gasteiger partial charge in [-0.15, -0.1) is 0 Å². The van der Waals surface area contributed by atoms with Gasteiger partial charge in [-0.3, -0.25) is 4.79 Å². The minimum atomic E-state index is -0.387. The van der Waals surface area contributed by atoms with E-state index >= 15 is 0 Å². The average molecular weight is 323 g/mol. The van der Waals surface area contributed by atoms with Gasteiger partial charge in [-0.05, 0) is 72.7 Å². The fourth-order valence-corrected chi connectivity index (χ4v) is 2.96. The van der Waals surface area contributed by atoms with Gasteiger partial charge < -0.3 is 9.72 Å². The molecule has 3 aromatic rings. The molecule has 1 aliphatic rings. The molecular formula is C20H18FNO2. The van der Waals surface area contributed by atoms with Crippen molar-refractivity contribution in [3.05, 3.63) is 64.3 Å². The Morgan fingerprint density at radius 2 is 2.00 bits per heavy atom. The van der Waals surface area contributed by atoms with Crippen molar-refractivity contribution >= 4 is 10.8 Å². The SMILES string of the molecule is Cc1cc(OCC2CC2)ccc1-c1cc(F)c2cc[nH]c(=O)c2c1. The topological polar surface area (TPSA) is 42.1 Å². The van der Waals surface area contributed by atoms with Gasteiger partial charge >= 0.3 is 0 Å². The molecule has 0 unspecified atom stereocenters. The van der Waals surface area contributed by atoms with Gasteiger partial charge in [-0.1, -0.05) is 6.07 Å². The normalized spacial score (nSPS) is 14.1. The van der Waals surface area contributed by atoms with Crippen LogP contribution in [0.15, 0.2) is 47.4 Å². The highest BCUT2D eigenvalue weighted by Gasteiger charge is 2.22. The van der Waals surface area contributed by atoms with Crippen LogP contribution in [0.5, 0.6) is 5.75 Å². The van der Waals surface area contributed by atoms with Crippen molar-refractivity contribution < 1.29 is 9.13 Å². The van der Waals surface area contributed by atoms with Gasteiger partial charge in [0.05, 0.1) is 12.0 Å². The molecule has 3 nitrogen and oxygen atoms in total. The van der Waals surface area contributed by atoms with Crippen molar-refractivity contribution in [3.63, 3.8) is 0 Å². The largest absolute Gasteiger partial charge is 0.493 e. The highest BCUT2D eigenvalue weighted by Crippen LogP contribution is 2.32. The van der Waals surface area contributed by atoms with E-state index < -0.39 is 0 Å². The Labute approximate surface area is 139 Å². The monoisotopic (exact) mass is 323 g/mol. The summed E-state index contributed by atoms with van der Waals surface area (Å²) in [6.45, 7) is 2.73. The highest BCUT2D eigenvalue weighted by molar-refractivity contribution is 5.87. The first-order valence-electron chi connectivity index (χ1n) is 8.16. The molecule has 0 aliphatic heterocycles. The standard InChI is InChI=1S/C20H18FNO2/c1-12-8-15(24-11-13-2-3-13)4-5-16(12)14-9-18-17(19(21)10-14)6-7-22-20(18)23/h4-10,13H,2-3,11H2,1H3,(H,22,23). The maximum Gasteiger partial charge on any atom is 0.255 e. The number of aromatic amines is 1. The van der Waals surface area contributed by atoms with Crippen LogP contribution in [0.1, 0.15) is 18.4 Å². The predicted octanol–water partition coefficient (Wildman–Crippen LogP) is 4.43. The molecule has 24 heavy (non-hydrogen) atoms. The lowest BCUT2D eigenvalue weighted by atomic mass is 9.98. The van der Waals surface area contributed by atoms with E-state index in [2.05, 4.69) is 4.98 Å². The lowest BCUT2D eigenvalue weighted by molar-refractivity contribution is 0.299. The van der Waals surface area contributed by atoms with E-state index in [1.165, 1.54) is 25.1 Å². The number of halogens is 1. The quantitative estimate of drug-likeness (QED) is 0.771. The lowest BCUT2D eigenvalue weighted by Gasteiger charge is -2.11. The van der Waals surface area contributed by atoms with E-state index in [-0.39, 0.29) is 11.4 Å². The summed E-state index contributed by atoms with van der Waals surface area (Å²) in [5.74, 6) is 1.15. The van der Waals surface area contributed by atoms with Crippen molar-refractivity contribution in [2.45, 2.75) is 19.8 Å². The summed E-state index contributed by atoms with van der Waals surface area (Å²) in [4.78, 5) is 14.6. The summed E-state index contributed by atoms with van der Waals surface area (Å²) in [5.41, 5.74) is 2.31. The first kappa shape index (κ1) is 14.9. The van der Waals surface area contributed by atoms with E-state index in [9.17, 15) is 9.18 Å². The van der Waals surface area contributed by atoms with Crippen LogP contribution >= 0.6 is 0 Å². The highest BCUT2D eigenvalue weighted by atomic mass is 19.1. The van der Waals surface area contributed by atoms with Crippen LogP contribution in [-0.2, 0) is 0 Å². The number of H-pyrrole nitrogens is 1. The summed E-state index contributed by atoms with van der Waals surface area (Å²) in [7, 11) is 0. The second kappa shape index (κ2) is 5.78. The summed E-state index contributed by atoms with van der Waals surface area (Å²) < 4.78 is 20.1. The Morgan fingerprint density at radius 3 is 2.75 bits per heavy atom. The van der Waals surface area contributed by atoms with Crippen LogP contribution < -0.4 is 10.3 Å². The Kier molecular flexibility index (Phi) is 3.60. The zero-order chi connectivity index (χ0) is 16.7. The number of benzene rings is 2. The molecule has 0 amide bonds. The van der Waals surface area contributed by atoms with E-state index in [4.69, 9.17) is 4.74 Å². The third-order valence-electron chi connectivity index (χ3n) is 4.53. The van der Waals surface area contributed by atoms with Gasteiger partial charge in [0.1, 0.15) is 11.6 Å². The number of nitrogens with one attached hydrogen (secondary N) is 1. The molecule has 4 rings (SSSR count). The molecule has 0 saturated heterocycles. The molecule has 1 saturated carbocycles. The first-order valence-corrected chi connectivity index (χ1v) is 8.16. The van der Waals surface area contributed by atoms with Gasteiger partial charge in [0, 0.05) is 11.6 Å². The summed E-state index contributed by atoms with van der Waals surface area (Å²) in [6, 6.07) is 10.6. The second-order valence-corrected chi connectivity index (χ2v) is 6.46. The van der Waals surface area contributed by atoms with Crippen LogP contribution in [0.3, 0.4) is 0 Å². The number of hydrogen-bond donors (Lipinski definition) is 1.